The highest BCUT2D eigenvalue weighted by atomic mass is 16.5. The molecule has 2 rings (SSSR count). The minimum atomic E-state index is -0.0867. The van der Waals surface area contributed by atoms with Crippen molar-refractivity contribution in [1.82, 2.24) is 0 Å². The topological polar surface area (TPSA) is 38.3 Å². The lowest BCUT2D eigenvalue weighted by atomic mass is 10.1. The van der Waals surface area contributed by atoms with Crippen LogP contribution in [0.2, 0.25) is 0 Å². The molecule has 1 N–H and O–H groups in total. The van der Waals surface area contributed by atoms with Crippen molar-refractivity contribution >= 4 is 11.6 Å². The van der Waals surface area contributed by atoms with E-state index < -0.39 is 0 Å². The van der Waals surface area contributed by atoms with Crippen molar-refractivity contribution in [3.63, 3.8) is 0 Å². The van der Waals surface area contributed by atoms with E-state index in [1.165, 1.54) is 19.3 Å². The number of rotatable bonds is 8. The minimum Gasteiger partial charge on any atom is -0.494 e. The summed E-state index contributed by atoms with van der Waals surface area (Å²) in [5.74, 6) is 0.756. The number of benzene rings is 2. The summed E-state index contributed by atoms with van der Waals surface area (Å²) in [7, 11) is 0. The van der Waals surface area contributed by atoms with Crippen LogP contribution in [0.15, 0.2) is 48.5 Å². The number of anilines is 1. The molecule has 3 heteroatoms. The first kappa shape index (κ1) is 17.1. The van der Waals surface area contributed by atoms with E-state index in [1.807, 2.05) is 55.5 Å². The van der Waals surface area contributed by atoms with Gasteiger partial charge in [-0.3, -0.25) is 4.79 Å². The molecule has 0 aliphatic heterocycles. The molecule has 0 bridgehead atoms. The Balaban J connectivity index is 1.85. The first-order valence-electron chi connectivity index (χ1n) is 8.30. The zero-order valence-electron chi connectivity index (χ0n) is 14.0. The largest absolute Gasteiger partial charge is 0.494 e. The third-order valence-electron chi connectivity index (χ3n) is 3.77. The minimum absolute atomic E-state index is 0.0867. The smallest absolute Gasteiger partial charge is 0.255 e. The molecule has 2 aromatic carbocycles. The lowest BCUT2D eigenvalue weighted by molar-refractivity contribution is 0.102. The fourth-order valence-electron chi connectivity index (χ4n) is 2.38. The number of aryl methyl sites for hydroxylation is 1. The maximum atomic E-state index is 12.2. The Labute approximate surface area is 138 Å². The van der Waals surface area contributed by atoms with Crippen molar-refractivity contribution in [2.24, 2.45) is 0 Å². The molecule has 0 aliphatic carbocycles. The van der Waals surface area contributed by atoms with Crippen LogP contribution in [0.5, 0.6) is 5.75 Å². The zero-order valence-corrected chi connectivity index (χ0v) is 14.0. The van der Waals surface area contributed by atoms with E-state index in [0.29, 0.717) is 5.56 Å². The molecular weight excluding hydrogens is 286 g/mol. The van der Waals surface area contributed by atoms with Crippen LogP contribution in [-0.2, 0) is 0 Å². The zero-order chi connectivity index (χ0) is 16.5. The number of nitrogens with one attached hydrogen (secondary N) is 1. The molecule has 0 unspecified atom stereocenters. The number of carbonyl (C=O) groups excluding carboxylic acids is 1. The number of ether oxygens (including phenoxy) is 1. The molecule has 0 spiro atoms. The second-order valence-electron chi connectivity index (χ2n) is 5.70. The van der Waals surface area contributed by atoms with E-state index in [1.54, 1.807) is 0 Å². The molecule has 1 amide bonds. The molecule has 2 aromatic rings. The summed E-state index contributed by atoms with van der Waals surface area (Å²) in [6.07, 6.45) is 4.78. The summed E-state index contributed by atoms with van der Waals surface area (Å²) in [4.78, 5) is 12.2. The molecule has 3 nitrogen and oxygen atoms in total. The van der Waals surface area contributed by atoms with E-state index in [-0.39, 0.29) is 5.91 Å². The van der Waals surface area contributed by atoms with Gasteiger partial charge in [0.2, 0.25) is 0 Å². The van der Waals surface area contributed by atoms with E-state index in [9.17, 15) is 4.79 Å². The summed E-state index contributed by atoms with van der Waals surface area (Å²) >= 11 is 0. The van der Waals surface area contributed by atoms with Crippen molar-refractivity contribution < 1.29 is 9.53 Å². The van der Waals surface area contributed by atoms with Gasteiger partial charge in [-0.05, 0) is 49.2 Å². The van der Waals surface area contributed by atoms with Gasteiger partial charge in [-0.15, -0.1) is 0 Å². The number of hydrogen-bond acceptors (Lipinski definition) is 2. The molecule has 0 fully saturated rings. The fraction of sp³-hybridized carbons (Fsp3) is 0.350. The highest BCUT2D eigenvalue weighted by Gasteiger charge is 2.08. The first-order valence-corrected chi connectivity index (χ1v) is 8.30. The van der Waals surface area contributed by atoms with Gasteiger partial charge >= 0.3 is 0 Å². The van der Waals surface area contributed by atoms with E-state index >= 15 is 0 Å². The van der Waals surface area contributed by atoms with Gasteiger partial charge in [0.25, 0.3) is 5.91 Å². The molecule has 0 saturated carbocycles. The molecule has 0 aromatic heterocycles. The van der Waals surface area contributed by atoms with Crippen molar-refractivity contribution in [2.45, 2.75) is 39.5 Å². The average molecular weight is 311 g/mol. The normalized spacial score (nSPS) is 10.3. The molecule has 0 saturated heterocycles. The Hall–Kier alpha value is -2.29. The molecular formula is C20H25NO2. The summed E-state index contributed by atoms with van der Waals surface area (Å²) in [6, 6.07) is 15.1. The summed E-state index contributed by atoms with van der Waals surface area (Å²) < 4.78 is 5.70. The van der Waals surface area contributed by atoms with E-state index in [0.717, 1.165) is 30.0 Å². The van der Waals surface area contributed by atoms with Crippen LogP contribution in [0.1, 0.15) is 48.5 Å². The van der Waals surface area contributed by atoms with Crippen molar-refractivity contribution in [3.05, 3.63) is 59.7 Å². The van der Waals surface area contributed by atoms with Crippen LogP contribution in [0.25, 0.3) is 0 Å². The van der Waals surface area contributed by atoms with Gasteiger partial charge in [-0.1, -0.05) is 44.4 Å². The Morgan fingerprint density at radius 3 is 2.43 bits per heavy atom. The summed E-state index contributed by atoms with van der Waals surface area (Å²) in [5, 5.41) is 2.92. The standard InChI is InChI=1S/C20H25NO2/c1-3-4-5-8-15-23-18-13-11-17(12-14-18)21-20(22)19-10-7-6-9-16(19)2/h6-7,9-14H,3-5,8,15H2,1-2H3,(H,21,22). The predicted molar refractivity (Wildman–Crippen MR) is 95.2 cm³/mol. The highest BCUT2D eigenvalue weighted by molar-refractivity contribution is 6.05. The first-order chi connectivity index (χ1) is 11.2. The quantitative estimate of drug-likeness (QED) is 0.680. The molecule has 0 atom stereocenters. The lowest BCUT2D eigenvalue weighted by Crippen LogP contribution is -2.13. The average Bonchev–Trinajstić information content (AvgIpc) is 2.56. The number of amides is 1. The maximum absolute atomic E-state index is 12.2. The van der Waals surface area contributed by atoms with Crippen LogP contribution in [0.3, 0.4) is 0 Å². The van der Waals surface area contributed by atoms with E-state index in [4.69, 9.17) is 4.74 Å². The van der Waals surface area contributed by atoms with E-state index in [2.05, 4.69) is 12.2 Å². The van der Waals surface area contributed by atoms with Crippen molar-refractivity contribution in [2.75, 3.05) is 11.9 Å². The van der Waals surface area contributed by atoms with Gasteiger partial charge < -0.3 is 10.1 Å². The lowest BCUT2D eigenvalue weighted by Gasteiger charge is -2.09. The second-order valence-corrected chi connectivity index (χ2v) is 5.70. The van der Waals surface area contributed by atoms with Gasteiger partial charge in [0.1, 0.15) is 5.75 Å². The highest BCUT2D eigenvalue weighted by Crippen LogP contribution is 2.17. The molecule has 0 heterocycles. The third kappa shape index (κ3) is 5.44. The number of carbonyl (C=O) groups is 1. The van der Waals surface area contributed by atoms with Gasteiger partial charge in [0.15, 0.2) is 0 Å². The fourth-order valence-corrected chi connectivity index (χ4v) is 2.38. The third-order valence-corrected chi connectivity index (χ3v) is 3.77. The SMILES string of the molecule is CCCCCCOc1ccc(NC(=O)c2ccccc2C)cc1. The van der Waals surface area contributed by atoms with Gasteiger partial charge in [0.05, 0.1) is 6.61 Å². The van der Waals surface area contributed by atoms with Crippen molar-refractivity contribution in [1.29, 1.82) is 0 Å². The molecule has 122 valence electrons. The van der Waals surface area contributed by atoms with Crippen LogP contribution in [-0.4, -0.2) is 12.5 Å². The van der Waals surface area contributed by atoms with Crippen molar-refractivity contribution in [3.8, 4) is 5.75 Å². The van der Waals surface area contributed by atoms with Crippen LogP contribution < -0.4 is 10.1 Å². The Morgan fingerprint density at radius 1 is 1.00 bits per heavy atom. The predicted octanol–water partition coefficient (Wildman–Crippen LogP) is 5.21. The molecule has 0 aliphatic rings. The monoisotopic (exact) mass is 311 g/mol. The van der Waals surface area contributed by atoms with Crippen LogP contribution >= 0.6 is 0 Å². The van der Waals surface area contributed by atoms with Crippen LogP contribution in [0, 0.1) is 6.92 Å². The van der Waals surface area contributed by atoms with Gasteiger partial charge in [-0.25, -0.2) is 0 Å². The molecule has 23 heavy (non-hydrogen) atoms. The van der Waals surface area contributed by atoms with Gasteiger partial charge in [-0.2, -0.15) is 0 Å². The molecule has 0 radical (unpaired) electrons. The Kier molecular flexibility index (Phi) is 6.67. The Morgan fingerprint density at radius 2 is 1.74 bits per heavy atom. The van der Waals surface area contributed by atoms with Crippen LogP contribution in [0.4, 0.5) is 5.69 Å². The second kappa shape index (κ2) is 8.99. The summed E-state index contributed by atoms with van der Waals surface area (Å²) in [6.45, 7) is 4.88. The number of unbranched alkanes of at least 4 members (excludes halogenated alkanes) is 3. The maximum Gasteiger partial charge on any atom is 0.255 e. The summed E-state index contributed by atoms with van der Waals surface area (Å²) in [5.41, 5.74) is 2.44. The Bertz CT molecular complexity index is 620. The van der Waals surface area contributed by atoms with Gasteiger partial charge in [0, 0.05) is 11.3 Å². The number of hydrogen-bond donors (Lipinski definition) is 1.